The van der Waals surface area contributed by atoms with Gasteiger partial charge in [-0.1, -0.05) is 24.3 Å². The average Bonchev–Trinajstić information content (AvgIpc) is 3.16. The van der Waals surface area contributed by atoms with E-state index in [4.69, 9.17) is 4.42 Å². The van der Waals surface area contributed by atoms with Crippen LogP contribution in [0.15, 0.2) is 62.5 Å². The topological polar surface area (TPSA) is 121 Å². The van der Waals surface area contributed by atoms with Crippen molar-refractivity contribution in [3.8, 4) is 5.75 Å². The number of aromatic hydroxyl groups is 1. The predicted molar refractivity (Wildman–Crippen MR) is 110 cm³/mol. The molecule has 8 nitrogen and oxygen atoms in total. The first-order chi connectivity index (χ1) is 14.0. The number of carbonyl (C=O) groups excluding carboxylic acids is 1. The zero-order valence-corrected chi connectivity index (χ0v) is 15.4. The second kappa shape index (κ2) is 7.16. The molecule has 1 amide bonds. The Kier molecular flexibility index (Phi) is 4.52. The Bertz CT molecular complexity index is 1260. The number of nitrogens with one attached hydrogen (secondary N) is 3. The number of para-hydroxylation sites is 2. The van der Waals surface area contributed by atoms with Gasteiger partial charge in [0.2, 0.25) is 0 Å². The molecular weight excluding hydrogens is 374 g/mol. The van der Waals surface area contributed by atoms with Gasteiger partial charge in [-0.25, -0.2) is 0 Å². The number of hydrogen-bond donors (Lipinski definition) is 4. The average molecular weight is 391 g/mol. The quantitative estimate of drug-likeness (QED) is 0.294. The van der Waals surface area contributed by atoms with Crippen molar-refractivity contribution in [3.05, 3.63) is 80.3 Å². The molecule has 0 radical (unpaired) electrons. The highest BCUT2D eigenvalue weighted by Gasteiger charge is 2.23. The van der Waals surface area contributed by atoms with E-state index in [2.05, 4.69) is 16.0 Å². The summed E-state index contributed by atoms with van der Waals surface area (Å²) in [6, 6.07) is 13.9. The van der Waals surface area contributed by atoms with Crippen molar-refractivity contribution in [1.82, 2.24) is 5.32 Å². The smallest absolute Gasteiger partial charge is 0.254 e. The maximum Gasteiger partial charge on any atom is 0.254 e. The third-order valence-electron chi connectivity index (χ3n) is 4.59. The van der Waals surface area contributed by atoms with Crippen LogP contribution in [0, 0.1) is 0 Å². The van der Waals surface area contributed by atoms with Crippen LogP contribution in [0.5, 0.6) is 5.75 Å². The van der Waals surface area contributed by atoms with Gasteiger partial charge >= 0.3 is 0 Å². The number of rotatable bonds is 6. The van der Waals surface area contributed by atoms with Gasteiger partial charge in [0.15, 0.2) is 5.75 Å². The van der Waals surface area contributed by atoms with E-state index in [1.54, 1.807) is 6.07 Å². The van der Waals surface area contributed by atoms with E-state index in [9.17, 15) is 19.5 Å². The standard InChI is InChI=1S/C21H17N3O5/c1-22-21(28)13-6-4-7-14(18(13)25)24-17-16(19(26)20(17)27)23-10-12-9-11-5-2-3-8-15(11)29-12/h2-9,23-25H,10H2,1H3,(H,22,28). The summed E-state index contributed by atoms with van der Waals surface area (Å²) in [5, 5.41) is 19.3. The highest BCUT2D eigenvalue weighted by atomic mass is 16.3. The fraction of sp³-hybridized carbons (Fsp3) is 0.0952. The Balaban J connectivity index is 1.56. The third kappa shape index (κ3) is 3.20. The molecule has 0 saturated heterocycles. The van der Waals surface area contributed by atoms with Crippen molar-refractivity contribution in [2.45, 2.75) is 6.54 Å². The highest BCUT2D eigenvalue weighted by Crippen LogP contribution is 2.31. The summed E-state index contributed by atoms with van der Waals surface area (Å²) in [6.07, 6.45) is 0. The van der Waals surface area contributed by atoms with Gasteiger partial charge in [-0.15, -0.1) is 0 Å². The fourth-order valence-corrected chi connectivity index (χ4v) is 3.08. The first-order valence-corrected chi connectivity index (χ1v) is 8.85. The van der Waals surface area contributed by atoms with Gasteiger partial charge in [0.1, 0.15) is 22.7 Å². The lowest BCUT2D eigenvalue weighted by atomic mass is 10.1. The van der Waals surface area contributed by atoms with Gasteiger partial charge in [-0.05, 0) is 24.3 Å². The van der Waals surface area contributed by atoms with Crippen molar-refractivity contribution in [2.75, 3.05) is 17.7 Å². The summed E-state index contributed by atoms with van der Waals surface area (Å²) in [5.41, 5.74) is -0.329. The molecule has 4 N–H and O–H groups in total. The zero-order chi connectivity index (χ0) is 20.5. The maximum absolute atomic E-state index is 12.0. The second-order valence-electron chi connectivity index (χ2n) is 6.42. The first kappa shape index (κ1) is 18.3. The lowest BCUT2D eigenvalue weighted by molar-refractivity contribution is 0.0960. The van der Waals surface area contributed by atoms with E-state index in [0.29, 0.717) is 5.76 Å². The van der Waals surface area contributed by atoms with E-state index in [0.717, 1.165) is 11.0 Å². The van der Waals surface area contributed by atoms with Crippen LogP contribution in [0.2, 0.25) is 0 Å². The SMILES string of the molecule is CNC(=O)c1cccc(Nc2c(NCc3cc4ccccc4o3)c(=O)c2=O)c1O. The molecule has 4 rings (SSSR count). The molecule has 146 valence electrons. The van der Waals surface area contributed by atoms with Gasteiger partial charge in [-0.3, -0.25) is 14.4 Å². The van der Waals surface area contributed by atoms with Gasteiger partial charge in [0.25, 0.3) is 16.8 Å². The van der Waals surface area contributed by atoms with Crippen molar-refractivity contribution in [3.63, 3.8) is 0 Å². The van der Waals surface area contributed by atoms with Crippen LogP contribution < -0.4 is 26.8 Å². The minimum absolute atomic E-state index is 0.0236. The molecule has 0 saturated carbocycles. The maximum atomic E-state index is 12.0. The molecule has 0 aliphatic heterocycles. The molecule has 0 aliphatic rings. The van der Waals surface area contributed by atoms with Crippen LogP contribution in [-0.2, 0) is 6.54 Å². The van der Waals surface area contributed by atoms with Crippen LogP contribution >= 0.6 is 0 Å². The number of amides is 1. The van der Waals surface area contributed by atoms with Crippen molar-refractivity contribution in [1.29, 1.82) is 0 Å². The monoisotopic (exact) mass is 391 g/mol. The molecule has 0 unspecified atom stereocenters. The molecule has 0 fully saturated rings. The number of furan rings is 1. The van der Waals surface area contributed by atoms with Crippen LogP contribution in [0.1, 0.15) is 16.1 Å². The zero-order valence-electron chi connectivity index (χ0n) is 15.4. The first-order valence-electron chi connectivity index (χ1n) is 8.85. The highest BCUT2D eigenvalue weighted by molar-refractivity contribution is 5.99. The Morgan fingerprint density at radius 2 is 1.79 bits per heavy atom. The summed E-state index contributed by atoms with van der Waals surface area (Å²) >= 11 is 0. The van der Waals surface area contributed by atoms with Crippen LogP contribution in [0.4, 0.5) is 17.1 Å². The molecule has 0 atom stereocenters. The lowest BCUT2D eigenvalue weighted by Crippen LogP contribution is -2.36. The minimum atomic E-state index is -0.707. The summed E-state index contributed by atoms with van der Waals surface area (Å²) in [6.45, 7) is 0.207. The summed E-state index contributed by atoms with van der Waals surface area (Å²) in [7, 11) is 1.44. The van der Waals surface area contributed by atoms with E-state index in [-0.39, 0.29) is 34.9 Å². The summed E-state index contributed by atoms with van der Waals surface area (Å²) in [4.78, 5) is 35.8. The van der Waals surface area contributed by atoms with Crippen LogP contribution in [0.3, 0.4) is 0 Å². The second-order valence-corrected chi connectivity index (χ2v) is 6.42. The van der Waals surface area contributed by atoms with E-state index in [1.807, 2.05) is 30.3 Å². The molecule has 0 bridgehead atoms. The molecule has 8 heteroatoms. The Morgan fingerprint density at radius 1 is 1.03 bits per heavy atom. The third-order valence-corrected chi connectivity index (χ3v) is 4.59. The lowest BCUT2D eigenvalue weighted by Gasteiger charge is -2.16. The number of anilines is 3. The van der Waals surface area contributed by atoms with Crippen LogP contribution in [0.25, 0.3) is 11.0 Å². The molecule has 1 aromatic heterocycles. The molecule has 0 aliphatic carbocycles. The number of phenolic OH excluding ortho intramolecular Hbond substituents is 1. The molecular formula is C21H17N3O5. The predicted octanol–water partition coefficient (Wildman–Crippen LogP) is 2.45. The Hall–Kier alpha value is -4.07. The van der Waals surface area contributed by atoms with E-state index < -0.39 is 16.8 Å². The fourth-order valence-electron chi connectivity index (χ4n) is 3.08. The van der Waals surface area contributed by atoms with Crippen molar-refractivity contribution in [2.24, 2.45) is 0 Å². The minimum Gasteiger partial charge on any atom is -0.505 e. The molecule has 29 heavy (non-hydrogen) atoms. The van der Waals surface area contributed by atoms with Crippen molar-refractivity contribution >= 4 is 33.9 Å². The Labute approximate surface area is 164 Å². The van der Waals surface area contributed by atoms with Gasteiger partial charge < -0.3 is 25.5 Å². The van der Waals surface area contributed by atoms with Crippen LogP contribution in [-0.4, -0.2) is 18.1 Å². The molecule has 1 heterocycles. The molecule has 4 aromatic rings. The normalized spacial score (nSPS) is 10.9. The van der Waals surface area contributed by atoms with E-state index in [1.165, 1.54) is 19.2 Å². The van der Waals surface area contributed by atoms with E-state index >= 15 is 0 Å². The number of phenols is 1. The molecule has 0 spiro atoms. The largest absolute Gasteiger partial charge is 0.505 e. The number of benzene rings is 2. The van der Waals surface area contributed by atoms with Gasteiger partial charge in [0.05, 0.1) is 17.8 Å². The number of fused-ring (bicyclic) bond motifs is 1. The Morgan fingerprint density at radius 3 is 2.55 bits per heavy atom. The summed E-state index contributed by atoms with van der Waals surface area (Å²) < 4.78 is 5.69. The number of carbonyl (C=O) groups is 1. The van der Waals surface area contributed by atoms with Gasteiger partial charge in [0, 0.05) is 12.4 Å². The number of hydrogen-bond acceptors (Lipinski definition) is 7. The van der Waals surface area contributed by atoms with Gasteiger partial charge in [-0.2, -0.15) is 0 Å². The summed E-state index contributed by atoms with van der Waals surface area (Å²) in [5.74, 6) is -0.183. The van der Waals surface area contributed by atoms with Crippen molar-refractivity contribution < 1.29 is 14.3 Å². The molecule has 3 aromatic carbocycles.